The van der Waals surface area contributed by atoms with Gasteiger partial charge in [0, 0.05) is 31.9 Å². The molecule has 0 radical (unpaired) electrons. The van der Waals surface area contributed by atoms with Gasteiger partial charge in [-0.2, -0.15) is 4.31 Å². The van der Waals surface area contributed by atoms with E-state index < -0.39 is 15.6 Å². The Morgan fingerprint density at radius 3 is 2.32 bits per heavy atom. The minimum absolute atomic E-state index is 0.0462. The standard InChI is InChI=1S/C20H25N3O4S/c24-19(21-14-17-8-4-3-5-9-17)16-22-15-18(10-11-20(22)25)28(26,27)23-12-6-1-2-7-13-23/h3-5,8-11,15H,1-2,6-7,12-14,16H2,(H,21,24). The van der Waals surface area contributed by atoms with E-state index in [1.165, 1.54) is 22.6 Å². The number of sulfonamides is 1. The maximum atomic E-state index is 12.9. The highest BCUT2D eigenvalue weighted by Gasteiger charge is 2.25. The topological polar surface area (TPSA) is 88.5 Å². The van der Waals surface area contributed by atoms with Crippen LogP contribution in [0.2, 0.25) is 0 Å². The van der Waals surface area contributed by atoms with E-state index in [0.717, 1.165) is 35.8 Å². The largest absolute Gasteiger partial charge is 0.350 e. The van der Waals surface area contributed by atoms with Crippen molar-refractivity contribution in [2.45, 2.75) is 43.7 Å². The number of aromatic nitrogens is 1. The zero-order valence-electron chi connectivity index (χ0n) is 15.7. The first-order valence-corrected chi connectivity index (χ1v) is 10.9. The van der Waals surface area contributed by atoms with Crippen molar-refractivity contribution in [2.24, 2.45) is 0 Å². The molecule has 150 valence electrons. The number of rotatable bonds is 6. The summed E-state index contributed by atoms with van der Waals surface area (Å²) in [5, 5.41) is 2.75. The summed E-state index contributed by atoms with van der Waals surface area (Å²) in [4.78, 5) is 24.4. The number of carbonyl (C=O) groups excluding carboxylic acids is 1. The number of amides is 1. The lowest BCUT2D eigenvalue weighted by atomic mass is 10.2. The van der Waals surface area contributed by atoms with Crippen LogP contribution < -0.4 is 10.9 Å². The molecule has 8 heteroatoms. The van der Waals surface area contributed by atoms with Gasteiger partial charge in [0.25, 0.3) is 5.56 Å². The molecule has 7 nitrogen and oxygen atoms in total. The van der Waals surface area contributed by atoms with Gasteiger partial charge < -0.3 is 9.88 Å². The maximum absolute atomic E-state index is 12.9. The normalized spacial score (nSPS) is 15.7. The van der Waals surface area contributed by atoms with Crippen molar-refractivity contribution in [3.8, 4) is 0 Å². The molecular formula is C20H25N3O4S. The summed E-state index contributed by atoms with van der Waals surface area (Å²) >= 11 is 0. The monoisotopic (exact) mass is 403 g/mol. The molecule has 1 N–H and O–H groups in total. The highest BCUT2D eigenvalue weighted by Crippen LogP contribution is 2.19. The van der Waals surface area contributed by atoms with Crippen molar-refractivity contribution < 1.29 is 13.2 Å². The predicted octanol–water partition coefficient (Wildman–Crippen LogP) is 1.73. The Labute approximate surface area is 165 Å². The van der Waals surface area contributed by atoms with Gasteiger partial charge in [-0.1, -0.05) is 43.2 Å². The number of hydrogen-bond acceptors (Lipinski definition) is 4. The number of nitrogens with one attached hydrogen (secondary N) is 1. The van der Waals surface area contributed by atoms with Crippen LogP contribution in [0, 0.1) is 0 Å². The molecule has 0 unspecified atom stereocenters. The minimum Gasteiger partial charge on any atom is -0.350 e. The van der Waals surface area contributed by atoms with Crippen LogP contribution in [0.1, 0.15) is 31.2 Å². The van der Waals surface area contributed by atoms with Crippen LogP contribution >= 0.6 is 0 Å². The van der Waals surface area contributed by atoms with E-state index in [2.05, 4.69) is 5.32 Å². The third-order valence-electron chi connectivity index (χ3n) is 4.81. The summed E-state index contributed by atoms with van der Waals surface area (Å²) < 4.78 is 28.4. The van der Waals surface area contributed by atoms with Crippen LogP contribution in [-0.4, -0.2) is 36.3 Å². The van der Waals surface area contributed by atoms with Gasteiger partial charge in [-0.05, 0) is 24.5 Å². The molecule has 0 spiro atoms. The molecule has 2 aromatic rings. The molecule has 3 rings (SSSR count). The summed E-state index contributed by atoms with van der Waals surface area (Å²) in [6, 6.07) is 11.9. The van der Waals surface area contributed by atoms with E-state index in [1.54, 1.807) is 0 Å². The summed E-state index contributed by atoms with van der Waals surface area (Å²) in [6.07, 6.45) is 4.98. The Balaban J connectivity index is 1.72. The lowest BCUT2D eigenvalue weighted by Crippen LogP contribution is -2.34. The van der Waals surface area contributed by atoms with Gasteiger partial charge >= 0.3 is 0 Å². The van der Waals surface area contributed by atoms with Crippen LogP contribution in [-0.2, 0) is 27.9 Å². The summed E-state index contributed by atoms with van der Waals surface area (Å²) in [5.41, 5.74) is 0.533. The smallest absolute Gasteiger partial charge is 0.251 e. The van der Waals surface area contributed by atoms with Gasteiger partial charge in [-0.3, -0.25) is 9.59 Å². The molecular weight excluding hydrogens is 378 g/mol. The summed E-state index contributed by atoms with van der Waals surface area (Å²) in [5.74, 6) is -0.352. The Kier molecular flexibility index (Phi) is 6.64. The lowest BCUT2D eigenvalue weighted by molar-refractivity contribution is -0.121. The van der Waals surface area contributed by atoms with Gasteiger partial charge in [0.1, 0.15) is 6.54 Å². The molecule has 0 aliphatic carbocycles. The zero-order valence-corrected chi connectivity index (χ0v) is 16.5. The first-order valence-electron chi connectivity index (χ1n) is 9.48. The molecule has 2 heterocycles. The van der Waals surface area contributed by atoms with Crippen LogP contribution in [0.5, 0.6) is 0 Å². The fourth-order valence-corrected chi connectivity index (χ4v) is 4.76. The minimum atomic E-state index is -3.67. The first-order chi connectivity index (χ1) is 13.5. The van der Waals surface area contributed by atoms with Crippen molar-refractivity contribution >= 4 is 15.9 Å². The van der Waals surface area contributed by atoms with Crippen LogP contribution in [0.15, 0.2) is 58.4 Å². The third-order valence-corrected chi connectivity index (χ3v) is 6.69. The van der Waals surface area contributed by atoms with E-state index >= 15 is 0 Å². The highest BCUT2D eigenvalue weighted by atomic mass is 32.2. The number of hydrogen-bond donors (Lipinski definition) is 1. The summed E-state index contributed by atoms with van der Waals surface area (Å²) in [6.45, 7) is 1.09. The number of pyridine rings is 1. The molecule has 1 fully saturated rings. The van der Waals surface area contributed by atoms with Crippen molar-refractivity contribution in [3.63, 3.8) is 0 Å². The second-order valence-corrected chi connectivity index (χ2v) is 8.85. The third kappa shape index (κ3) is 5.08. The van der Waals surface area contributed by atoms with Crippen molar-refractivity contribution in [2.75, 3.05) is 13.1 Å². The second kappa shape index (κ2) is 9.16. The Bertz CT molecular complexity index is 962. The zero-order chi connectivity index (χ0) is 20.0. The lowest BCUT2D eigenvalue weighted by Gasteiger charge is -2.20. The fraction of sp³-hybridized carbons (Fsp3) is 0.400. The van der Waals surface area contributed by atoms with Crippen LogP contribution in [0.4, 0.5) is 0 Å². The molecule has 1 aromatic heterocycles. The Morgan fingerprint density at radius 2 is 1.64 bits per heavy atom. The van der Waals surface area contributed by atoms with Crippen molar-refractivity contribution in [3.05, 3.63) is 64.6 Å². The molecule has 1 aliphatic heterocycles. The molecule has 0 bridgehead atoms. The highest BCUT2D eigenvalue weighted by molar-refractivity contribution is 7.89. The van der Waals surface area contributed by atoms with E-state index in [4.69, 9.17) is 0 Å². The summed E-state index contributed by atoms with van der Waals surface area (Å²) in [7, 11) is -3.67. The van der Waals surface area contributed by atoms with E-state index in [9.17, 15) is 18.0 Å². The Hall–Kier alpha value is -2.45. The van der Waals surface area contributed by atoms with Gasteiger partial charge in [0.15, 0.2) is 0 Å². The van der Waals surface area contributed by atoms with Gasteiger partial charge in [-0.25, -0.2) is 8.42 Å². The molecule has 1 amide bonds. The quantitative estimate of drug-likeness (QED) is 0.796. The van der Waals surface area contributed by atoms with Crippen LogP contribution in [0.25, 0.3) is 0 Å². The molecule has 28 heavy (non-hydrogen) atoms. The SMILES string of the molecule is O=C(Cn1cc(S(=O)(=O)N2CCCCCC2)ccc1=O)NCc1ccccc1. The van der Waals surface area contributed by atoms with Gasteiger partial charge in [0.2, 0.25) is 15.9 Å². The van der Waals surface area contributed by atoms with E-state index in [-0.39, 0.29) is 17.3 Å². The molecule has 1 aliphatic rings. The molecule has 1 saturated heterocycles. The second-order valence-electron chi connectivity index (χ2n) is 6.91. The fourth-order valence-electron chi connectivity index (χ4n) is 3.22. The van der Waals surface area contributed by atoms with Crippen molar-refractivity contribution in [1.82, 2.24) is 14.2 Å². The average Bonchev–Trinajstić information content (AvgIpc) is 2.99. The van der Waals surface area contributed by atoms with E-state index in [1.807, 2.05) is 30.3 Å². The molecule has 0 atom stereocenters. The number of benzene rings is 1. The molecule has 0 saturated carbocycles. The first kappa shape index (κ1) is 20.3. The number of nitrogens with zero attached hydrogens (tertiary/aromatic N) is 2. The van der Waals surface area contributed by atoms with Crippen molar-refractivity contribution in [1.29, 1.82) is 0 Å². The van der Waals surface area contributed by atoms with Crippen LogP contribution in [0.3, 0.4) is 0 Å². The van der Waals surface area contributed by atoms with Gasteiger partial charge in [-0.15, -0.1) is 0 Å². The Morgan fingerprint density at radius 1 is 0.964 bits per heavy atom. The number of carbonyl (C=O) groups is 1. The van der Waals surface area contributed by atoms with E-state index in [0.29, 0.717) is 19.6 Å². The van der Waals surface area contributed by atoms with Gasteiger partial charge in [0.05, 0.1) is 4.90 Å². The molecule has 1 aromatic carbocycles. The predicted molar refractivity (Wildman–Crippen MR) is 106 cm³/mol. The maximum Gasteiger partial charge on any atom is 0.251 e. The average molecular weight is 404 g/mol.